The number of hydrogen-bond acceptors (Lipinski definition) is 4. The maximum Gasteiger partial charge on any atom is 0.358 e. The molecule has 6 nitrogen and oxygen atoms in total. The third-order valence-electron chi connectivity index (χ3n) is 3.49. The van der Waals surface area contributed by atoms with Gasteiger partial charge in [0, 0.05) is 11.6 Å². The highest BCUT2D eigenvalue weighted by Crippen LogP contribution is 2.30. The van der Waals surface area contributed by atoms with Gasteiger partial charge in [0.25, 0.3) is 0 Å². The summed E-state index contributed by atoms with van der Waals surface area (Å²) in [6.07, 6.45) is 1.41. The van der Waals surface area contributed by atoms with Crippen LogP contribution in [0, 0.1) is 0 Å². The van der Waals surface area contributed by atoms with Crippen LogP contribution in [0.15, 0.2) is 24.3 Å². The van der Waals surface area contributed by atoms with Gasteiger partial charge in [-0.3, -0.25) is 0 Å². The minimum Gasteiger partial charge on any atom is -0.476 e. The normalized spacial score (nSPS) is 18.0. The maximum absolute atomic E-state index is 11.3. The SMILES string of the molecule is O=C(O)c1nnn(Cc2ccccc2Cl)c1C1CCCO1. The minimum absolute atomic E-state index is 0.0473. The molecule has 3 rings (SSSR count). The zero-order valence-corrected chi connectivity index (χ0v) is 12.0. The fourth-order valence-electron chi connectivity index (χ4n) is 2.49. The van der Waals surface area contributed by atoms with Crippen molar-refractivity contribution in [2.75, 3.05) is 6.61 Å². The van der Waals surface area contributed by atoms with Crippen molar-refractivity contribution in [3.63, 3.8) is 0 Å². The lowest BCUT2D eigenvalue weighted by Gasteiger charge is -2.13. The van der Waals surface area contributed by atoms with Gasteiger partial charge in [0.1, 0.15) is 11.8 Å². The van der Waals surface area contributed by atoms with Crippen molar-refractivity contribution < 1.29 is 14.6 Å². The molecular formula is C14H14ClN3O3. The van der Waals surface area contributed by atoms with Crippen molar-refractivity contribution in [2.45, 2.75) is 25.5 Å². The van der Waals surface area contributed by atoms with Crippen molar-refractivity contribution in [1.82, 2.24) is 15.0 Å². The second-order valence-electron chi connectivity index (χ2n) is 4.88. The lowest BCUT2D eigenvalue weighted by molar-refractivity contribution is 0.0672. The van der Waals surface area contributed by atoms with Gasteiger partial charge < -0.3 is 9.84 Å². The number of hydrogen-bond donors (Lipinski definition) is 1. The van der Waals surface area contributed by atoms with Crippen LogP contribution in [0.3, 0.4) is 0 Å². The van der Waals surface area contributed by atoms with E-state index in [1.165, 1.54) is 0 Å². The fraction of sp³-hybridized carbons (Fsp3) is 0.357. The molecule has 1 aliphatic rings. The molecule has 0 aliphatic carbocycles. The predicted molar refractivity (Wildman–Crippen MR) is 75.5 cm³/mol. The van der Waals surface area contributed by atoms with Gasteiger partial charge in [0.15, 0.2) is 5.69 Å². The number of ether oxygens (including phenoxy) is 1. The average molecular weight is 308 g/mol. The molecule has 21 heavy (non-hydrogen) atoms. The topological polar surface area (TPSA) is 77.2 Å². The number of benzene rings is 1. The molecule has 1 aromatic carbocycles. The van der Waals surface area contributed by atoms with E-state index in [9.17, 15) is 9.90 Å². The number of halogens is 1. The van der Waals surface area contributed by atoms with Crippen molar-refractivity contribution in [2.24, 2.45) is 0 Å². The molecule has 0 saturated carbocycles. The van der Waals surface area contributed by atoms with Crippen molar-refractivity contribution in [3.8, 4) is 0 Å². The number of nitrogens with zero attached hydrogens (tertiary/aromatic N) is 3. The van der Waals surface area contributed by atoms with Gasteiger partial charge in [-0.25, -0.2) is 9.48 Å². The Bertz CT molecular complexity index is 665. The number of carboxylic acid groups (broad SMARTS) is 1. The average Bonchev–Trinajstić information content (AvgIpc) is 3.09. The second kappa shape index (κ2) is 5.83. The van der Waals surface area contributed by atoms with Crippen LogP contribution < -0.4 is 0 Å². The first-order valence-electron chi connectivity index (χ1n) is 6.68. The minimum atomic E-state index is -1.09. The molecule has 2 heterocycles. The number of aromatic carboxylic acids is 1. The summed E-state index contributed by atoms with van der Waals surface area (Å²) in [4.78, 5) is 11.3. The Morgan fingerprint density at radius 3 is 2.95 bits per heavy atom. The van der Waals surface area contributed by atoms with Crippen LogP contribution in [-0.4, -0.2) is 32.7 Å². The molecule has 110 valence electrons. The van der Waals surface area contributed by atoms with E-state index in [0.717, 1.165) is 18.4 Å². The summed E-state index contributed by atoms with van der Waals surface area (Å²) < 4.78 is 7.17. The summed E-state index contributed by atoms with van der Waals surface area (Å²) in [7, 11) is 0. The van der Waals surface area contributed by atoms with Crippen molar-refractivity contribution in [3.05, 3.63) is 46.2 Å². The van der Waals surface area contributed by atoms with Crippen LogP contribution >= 0.6 is 11.6 Å². The molecule has 1 N–H and O–H groups in total. The Morgan fingerprint density at radius 2 is 2.29 bits per heavy atom. The summed E-state index contributed by atoms with van der Waals surface area (Å²) in [5.41, 5.74) is 1.33. The van der Waals surface area contributed by atoms with Crippen molar-refractivity contribution in [1.29, 1.82) is 0 Å². The Kier molecular flexibility index (Phi) is 3.90. The van der Waals surface area contributed by atoms with Crippen LogP contribution in [0.25, 0.3) is 0 Å². The number of rotatable bonds is 4. The molecule has 0 spiro atoms. The van der Waals surface area contributed by atoms with E-state index < -0.39 is 5.97 Å². The maximum atomic E-state index is 11.3. The first kappa shape index (κ1) is 14.0. The molecule has 0 bridgehead atoms. The van der Waals surface area contributed by atoms with Gasteiger partial charge in [-0.05, 0) is 24.5 Å². The van der Waals surface area contributed by atoms with Crippen LogP contribution in [0.2, 0.25) is 5.02 Å². The molecule has 2 aromatic rings. The highest BCUT2D eigenvalue weighted by Gasteiger charge is 2.29. The fourth-order valence-corrected chi connectivity index (χ4v) is 2.68. The van der Waals surface area contributed by atoms with Crippen LogP contribution in [-0.2, 0) is 11.3 Å². The monoisotopic (exact) mass is 307 g/mol. The molecule has 0 amide bonds. The highest BCUT2D eigenvalue weighted by molar-refractivity contribution is 6.31. The van der Waals surface area contributed by atoms with Gasteiger partial charge >= 0.3 is 5.97 Å². The lowest BCUT2D eigenvalue weighted by Crippen LogP contribution is -2.13. The predicted octanol–water partition coefficient (Wildman–Crippen LogP) is 2.53. The van der Waals surface area contributed by atoms with E-state index in [2.05, 4.69) is 10.3 Å². The summed E-state index contributed by atoms with van der Waals surface area (Å²) in [6, 6.07) is 7.39. The van der Waals surface area contributed by atoms with Crippen molar-refractivity contribution >= 4 is 17.6 Å². The van der Waals surface area contributed by atoms with E-state index in [0.29, 0.717) is 23.9 Å². The largest absolute Gasteiger partial charge is 0.476 e. The Labute approximate surface area is 126 Å². The first-order valence-corrected chi connectivity index (χ1v) is 7.06. The lowest BCUT2D eigenvalue weighted by atomic mass is 10.1. The molecule has 7 heteroatoms. The van der Waals surface area contributed by atoms with Crippen LogP contribution in [0.1, 0.15) is 40.7 Å². The third kappa shape index (κ3) is 2.77. The molecular weight excluding hydrogens is 294 g/mol. The zero-order chi connectivity index (χ0) is 14.8. The zero-order valence-electron chi connectivity index (χ0n) is 11.2. The standard InChI is InChI=1S/C14H14ClN3O3/c15-10-5-2-1-4-9(10)8-18-13(11-6-3-7-21-11)12(14(19)20)16-17-18/h1-2,4-5,11H,3,6-8H2,(H,19,20). The second-order valence-corrected chi connectivity index (χ2v) is 5.29. The quantitative estimate of drug-likeness (QED) is 0.939. The smallest absolute Gasteiger partial charge is 0.358 e. The summed E-state index contributed by atoms with van der Waals surface area (Å²) in [5, 5.41) is 17.6. The number of carboxylic acids is 1. The van der Waals surface area contributed by atoms with E-state index in [1.807, 2.05) is 18.2 Å². The van der Waals surface area contributed by atoms with E-state index in [-0.39, 0.29) is 11.8 Å². The van der Waals surface area contributed by atoms with Gasteiger partial charge in [-0.2, -0.15) is 0 Å². The van der Waals surface area contributed by atoms with Crippen LogP contribution in [0.4, 0.5) is 0 Å². The van der Waals surface area contributed by atoms with E-state index in [4.69, 9.17) is 16.3 Å². The molecule has 1 atom stereocenters. The molecule has 1 unspecified atom stereocenters. The molecule has 1 fully saturated rings. The highest BCUT2D eigenvalue weighted by atomic mass is 35.5. The Morgan fingerprint density at radius 1 is 1.48 bits per heavy atom. The van der Waals surface area contributed by atoms with Gasteiger partial charge in [-0.15, -0.1) is 5.10 Å². The molecule has 1 saturated heterocycles. The first-order chi connectivity index (χ1) is 10.2. The van der Waals surface area contributed by atoms with E-state index in [1.54, 1.807) is 10.7 Å². The Hall–Kier alpha value is -1.92. The summed E-state index contributed by atoms with van der Waals surface area (Å²) in [5.74, 6) is -1.09. The molecule has 1 aromatic heterocycles. The Balaban J connectivity index is 1.98. The van der Waals surface area contributed by atoms with Gasteiger partial charge in [-0.1, -0.05) is 35.0 Å². The van der Waals surface area contributed by atoms with Crippen LogP contribution in [0.5, 0.6) is 0 Å². The van der Waals surface area contributed by atoms with Gasteiger partial charge in [0.05, 0.1) is 6.54 Å². The molecule has 1 aliphatic heterocycles. The number of aromatic nitrogens is 3. The van der Waals surface area contributed by atoms with Gasteiger partial charge in [0.2, 0.25) is 0 Å². The summed E-state index contributed by atoms with van der Waals surface area (Å²) >= 11 is 6.15. The number of carbonyl (C=O) groups is 1. The van der Waals surface area contributed by atoms with E-state index >= 15 is 0 Å². The summed E-state index contributed by atoms with van der Waals surface area (Å²) in [6.45, 7) is 0.996. The molecule has 0 radical (unpaired) electrons. The third-order valence-corrected chi connectivity index (χ3v) is 3.86.